The monoisotopic (exact) mass is 306 g/mol. The van der Waals surface area contributed by atoms with Crippen LogP contribution >= 0.6 is 11.3 Å². The van der Waals surface area contributed by atoms with Gasteiger partial charge in [-0.2, -0.15) is 0 Å². The molecule has 3 rings (SSSR count). The molecule has 1 saturated carbocycles. The number of thiophene rings is 1. The summed E-state index contributed by atoms with van der Waals surface area (Å²) in [6.07, 6.45) is 4.76. The molecule has 114 valence electrons. The average Bonchev–Trinajstić information content (AvgIpc) is 2.99. The maximum Gasteiger partial charge on any atom is 0.325 e. The lowest BCUT2D eigenvalue weighted by Crippen LogP contribution is -2.51. The van der Waals surface area contributed by atoms with Gasteiger partial charge in [-0.3, -0.25) is 10.1 Å². The van der Waals surface area contributed by atoms with Crippen LogP contribution in [0, 0.1) is 5.92 Å². The van der Waals surface area contributed by atoms with Crippen molar-refractivity contribution in [3.8, 4) is 0 Å². The predicted octanol–water partition coefficient (Wildman–Crippen LogP) is 3.31. The fourth-order valence-electron chi connectivity index (χ4n) is 3.65. The highest BCUT2D eigenvalue weighted by Crippen LogP contribution is 2.41. The lowest BCUT2D eigenvalue weighted by atomic mass is 9.75. The van der Waals surface area contributed by atoms with Gasteiger partial charge in [0.2, 0.25) is 0 Å². The van der Waals surface area contributed by atoms with E-state index < -0.39 is 5.54 Å². The summed E-state index contributed by atoms with van der Waals surface area (Å²) in [4.78, 5) is 28.9. The lowest BCUT2D eigenvalue weighted by Gasteiger charge is -2.40. The van der Waals surface area contributed by atoms with Gasteiger partial charge in [-0.1, -0.05) is 26.7 Å². The molecule has 1 aromatic rings. The van der Waals surface area contributed by atoms with Crippen molar-refractivity contribution in [1.29, 1.82) is 0 Å². The largest absolute Gasteiger partial charge is 0.325 e. The Kier molecular flexibility index (Phi) is 3.78. The molecule has 1 aliphatic heterocycles. The van der Waals surface area contributed by atoms with Gasteiger partial charge in [0.15, 0.2) is 0 Å². The highest BCUT2D eigenvalue weighted by molar-refractivity contribution is 7.11. The molecule has 1 N–H and O–H groups in total. The van der Waals surface area contributed by atoms with E-state index in [1.807, 2.05) is 0 Å². The Morgan fingerprint density at radius 1 is 1.38 bits per heavy atom. The first-order valence-electron chi connectivity index (χ1n) is 7.76. The van der Waals surface area contributed by atoms with Crippen LogP contribution in [0.1, 0.15) is 49.3 Å². The van der Waals surface area contributed by atoms with Crippen molar-refractivity contribution in [2.75, 3.05) is 0 Å². The van der Waals surface area contributed by atoms with Gasteiger partial charge in [0.25, 0.3) is 5.91 Å². The number of nitrogens with one attached hydrogen (secondary N) is 1. The molecule has 2 unspecified atom stereocenters. The van der Waals surface area contributed by atoms with E-state index in [1.165, 1.54) is 4.88 Å². The van der Waals surface area contributed by atoms with E-state index in [1.54, 1.807) is 16.2 Å². The highest BCUT2D eigenvalue weighted by Gasteiger charge is 2.54. The number of aryl methyl sites for hydroxylation is 1. The molecule has 5 heteroatoms. The molecule has 2 heterocycles. The van der Waals surface area contributed by atoms with Crippen LogP contribution in [0.3, 0.4) is 0 Å². The van der Waals surface area contributed by atoms with E-state index in [2.05, 4.69) is 31.3 Å². The smallest absolute Gasteiger partial charge is 0.305 e. The molecular weight excluding hydrogens is 284 g/mol. The molecule has 2 fully saturated rings. The molecular formula is C16H22N2O2S. The topological polar surface area (TPSA) is 49.4 Å². The summed E-state index contributed by atoms with van der Waals surface area (Å²) in [5.41, 5.74) is -0.606. The molecule has 1 saturated heterocycles. The summed E-state index contributed by atoms with van der Waals surface area (Å²) in [6.45, 7) is 4.86. The maximum atomic E-state index is 12.4. The number of carbonyl (C=O) groups is 2. The zero-order valence-corrected chi connectivity index (χ0v) is 13.5. The summed E-state index contributed by atoms with van der Waals surface area (Å²) < 4.78 is 0. The maximum absolute atomic E-state index is 12.4. The SMILES string of the molecule is CCc1ccc(CN2C(=O)NC(=O)C23CCCC(C)C3)s1. The van der Waals surface area contributed by atoms with Crippen molar-refractivity contribution < 1.29 is 9.59 Å². The van der Waals surface area contributed by atoms with Gasteiger partial charge in [0.05, 0.1) is 6.54 Å². The highest BCUT2D eigenvalue weighted by atomic mass is 32.1. The molecule has 0 bridgehead atoms. The van der Waals surface area contributed by atoms with Gasteiger partial charge in [-0.05, 0) is 37.3 Å². The van der Waals surface area contributed by atoms with E-state index >= 15 is 0 Å². The lowest BCUT2D eigenvalue weighted by molar-refractivity contribution is -0.129. The minimum absolute atomic E-state index is 0.0914. The second-order valence-corrected chi connectivity index (χ2v) is 7.55. The standard InChI is InChI=1S/C16H22N2O2S/c1-3-12-6-7-13(21-12)10-18-15(20)17-14(19)16(18)8-4-5-11(2)9-16/h6-7,11H,3-5,8-10H2,1-2H3,(H,17,19,20). The van der Waals surface area contributed by atoms with Crippen molar-refractivity contribution in [3.05, 3.63) is 21.9 Å². The van der Waals surface area contributed by atoms with Crippen LogP contribution in [0.4, 0.5) is 4.79 Å². The Morgan fingerprint density at radius 2 is 2.14 bits per heavy atom. The molecule has 1 spiro atoms. The number of hydrogen-bond acceptors (Lipinski definition) is 3. The minimum Gasteiger partial charge on any atom is -0.305 e. The fourth-order valence-corrected chi connectivity index (χ4v) is 4.60. The van der Waals surface area contributed by atoms with Crippen LogP contribution in [0.15, 0.2) is 12.1 Å². The molecule has 0 radical (unpaired) electrons. The average molecular weight is 306 g/mol. The number of nitrogens with zero attached hydrogens (tertiary/aromatic N) is 1. The molecule has 0 aromatic carbocycles. The van der Waals surface area contributed by atoms with Crippen LogP contribution < -0.4 is 5.32 Å². The number of imide groups is 1. The van der Waals surface area contributed by atoms with Crippen LogP contribution in [0.5, 0.6) is 0 Å². The van der Waals surface area contributed by atoms with Gasteiger partial charge in [-0.15, -0.1) is 11.3 Å². The second kappa shape index (κ2) is 5.44. The Morgan fingerprint density at radius 3 is 2.81 bits per heavy atom. The van der Waals surface area contributed by atoms with Crippen molar-refractivity contribution in [2.24, 2.45) is 5.92 Å². The zero-order chi connectivity index (χ0) is 15.0. The fraction of sp³-hybridized carbons (Fsp3) is 0.625. The Labute approximate surface area is 129 Å². The summed E-state index contributed by atoms with van der Waals surface area (Å²) in [7, 11) is 0. The number of amides is 3. The quantitative estimate of drug-likeness (QED) is 0.871. The Hall–Kier alpha value is -1.36. The minimum atomic E-state index is -0.606. The summed E-state index contributed by atoms with van der Waals surface area (Å²) >= 11 is 1.74. The van der Waals surface area contributed by atoms with E-state index in [9.17, 15) is 9.59 Å². The van der Waals surface area contributed by atoms with Gasteiger partial charge < -0.3 is 4.90 Å². The van der Waals surface area contributed by atoms with Crippen molar-refractivity contribution in [2.45, 2.75) is 58.0 Å². The third kappa shape index (κ3) is 2.48. The Bertz CT molecular complexity index is 568. The van der Waals surface area contributed by atoms with E-state index in [-0.39, 0.29) is 11.9 Å². The number of urea groups is 1. The first kappa shape index (κ1) is 14.6. The van der Waals surface area contributed by atoms with Crippen LogP contribution in [-0.2, 0) is 17.8 Å². The molecule has 4 nitrogen and oxygen atoms in total. The zero-order valence-electron chi connectivity index (χ0n) is 12.6. The number of carbonyl (C=O) groups excluding carboxylic acids is 2. The number of rotatable bonds is 3. The third-order valence-corrected chi connectivity index (χ3v) is 5.97. The van der Waals surface area contributed by atoms with E-state index in [0.717, 1.165) is 37.0 Å². The van der Waals surface area contributed by atoms with Crippen LogP contribution in [-0.4, -0.2) is 22.4 Å². The molecule has 1 aliphatic carbocycles. The first-order chi connectivity index (χ1) is 10.0. The molecule has 21 heavy (non-hydrogen) atoms. The third-order valence-electron chi connectivity index (χ3n) is 4.76. The molecule has 1 aromatic heterocycles. The number of hydrogen-bond donors (Lipinski definition) is 1. The van der Waals surface area contributed by atoms with Crippen LogP contribution in [0.25, 0.3) is 0 Å². The second-order valence-electron chi connectivity index (χ2n) is 6.30. The molecule has 2 aliphatic rings. The first-order valence-corrected chi connectivity index (χ1v) is 8.57. The summed E-state index contributed by atoms with van der Waals surface area (Å²) in [5.74, 6) is 0.402. The molecule has 2 atom stereocenters. The van der Waals surface area contributed by atoms with Gasteiger partial charge in [0.1, 0.15) is 5.54 Å². The normalized spacial score (nSPS) is 29.2. The molecule has 3 amide bonds. The van der Waals surface area contributed by atoms with Crippen molar-refractivity contribution in [3.63, 3.8) is 0 Å². The van der Waals surface area contributed by atoms with Crippen LogP contribution in [0.2, 0.25) is 0 Å². The van der Waals surface area contributed by atoms with Gasteiger partial charge in [-0.25, -0.2) is 4.79 Å². The van der Waals surface area contributed by atoms with E-state index in [0.29, 0.717) is 12.5 Å². The predicted molar refractivity (Wildman–Crippen MR) is 83.1 cm³/mol. The summed E-state index contributed by atoms with van der Waals surface area (Å²) in [5, 5.41) is 2.54. The van der Waals surface area contributed by atoms with Gasteiger partial charge >= 0.3 is 6.03 Å². The van der Waals surface area contributed by atoms with Crippen molar-refractivity contribution >= 4 is 23.3 Å². The van der Waals surface area contributed by atoms with Gasteiger partial charge in [0, 0.05) is 9.75 Å². The summed E-state index contributed by atoms with van der Waals surface area (Å²) in [6, 6.07) is 3.98. The Balaban J connectivity index is 1.86. The van der Waals surface area contributed by atoms with E-state index in [4.69, 9.17) is 0 Å². The van der Waals surface area contributed by atoms with Crippen molar-refractivity contribution in [1.82, 2.24) is 10.2 Å².